The number of nitrogens with zero attached hydrogens (tertiary/aromatic N) is 4. The largest absolute Gasteiger partial charge is 0.497 e. The van der Waals surface area contributed by atoms with Gasteiger partial charge in [-0.2, -0.15) is 0 Å². The molecule has 0 bridgehead atoms. The van der Waals surface area contributed by atoms with Gasteiger partial charge in [0.15, 0.2) is 5.82 Å². The molecule has 8 nitrogen and oxygen atoms in total. The van der Waals surface area contributed by atoms with E-state index >= 15 is 0 Å². The van der Waals surface area contributed by atoms with Crippen LogP contribution in [0.4, 0.5) is 0 Å². The number of ether oxygens (including phenoxy) is 2. The van der Waals surface area contributed by atoms with Crippen molar-refractivity contribution in [2.75, 3.05) is 26.8 Å². The number of carbonyl (C=O) groups is 2. The summed E-state index contributed by atoms with van der Waals surface area (Å²) in [6, 6.07) is 17.0. The molecular formula is C24H26N4O4. The van der Waals surface area contributed by atoms with Crippen molar-refractivity contribution >= 4 is 11.9 Å². The van der Waals surface area contributed by atoms with Crippen LogP contribution in [0.3, 0.4) is 0 Å². The smallest absolute Gasteiger partial charge is 0.310 e. The molecule has 1 aliphatic rings. The third kappa shape index (κ3) is 4.49. The zero-order valence-electron chi connectivity index (χ0n) is 18.2. The summed E-state index contributed by atoms with van der Waals surface area (Å²) in [6.07, 6.45) is 1.45. The van der Waals surface area contributed by atoms with E-state index in [9.17, 15) is 9.59 Å². The molecule has 1 amide bonds. The molecule has 1 saturated heterocycles. The standard InChI is InChI=1S/C24H26N4O4/c1-3-32-24(30)18-10-8-14-27(16-18)23(29)21-25-22(17-9-7-13-20(15-17)31-2)28(26-21)19-11-5-4-6-12-19/h4-7,9,11-13,15,18H,3,8,10,14,16H2,1-2H3. The average molecular weight is 434 g/mol. The Balaban J connectivity index is 1.68. The molecule has 2 aromatic carbocycles. The normalized spacial score (nSPS) is 15.9. The minimum absolute atomic E-state index is 0.0937. The molecule has 1 aliphatic heterocycles. The molecule has 2 heterocycles. The fraction of sp³-hybridized carbons (Fsp3) is 0.333. The van der Waals surface area contributed by atoms with E-state index in [1.54, 1.807) is 23.6 Å². The van der Waals surface area contributed by atoms with Crippen molar-refractivity contribution < 1.29 is 19.1 Å². The number of hydrogen-bond donors (Lipinski definition) is 0. The van der Waals surface area contributed by atoms with E-state index in [0.29, 0.717) is 37.7 Å². The summed E-state index contributed by atoms with van der Waals surface area (Å²) in [4.78, 5) is 31.7. The number of methoxy groups -OCH3 is 1. The van der Waals surface area contributed by atoms with E-state index in [2.05, 4.69) is 10.1 Å². The molecule has 0 N–H and O–H groups in total. The average Bonchev–Trinajstić information content (AvgIpc) is 3.30. The van der Waals surface area contributed by atoms with Crippen molar-refractivity contribution in [2.45, 2.75) is 19.8 Å². The lowest BCUT2D eigenvalue weighted by atomic mass is 9.98. The van der Waals surface area contributed by atoms with Gasteiger partial charge in [-0.15, -0.1) is 5.10 Å². The number of benzene rings is 2. The van der Waals surface area contributed by atoms with Crippen LogP contribution in [0.2, 0.25) is 0 Å². The van der Waals surface area contributed by atoms with Gasteiger partial charge in [0, 0.05) is 18.7 Å². The topological polar surface area (TPSA) is 86.5 Å². The van der Waals surface area contributed by atoms with Crippen molar-refractivity contribution in [1.29, 1.82) is 0 Å². The maximum atomic E-state index is 13.3. The van der Waals surface area contributed by atoms with Crippen LogP contribution in [0.25, 0.3) is 17.1 Å². The van der Waals surface area contributed by atoms with E-state index in [4.69, 9.17) is 9.47 Å². The number of aromatic nitrogens is 3. The molecule has 0 saturated carbocycles. The molecule has 1 atom stereocenters. The third-order valence-corrected chi connectivity index (χ3v) is 5.46. The van der Waals surface area contributed by atoms with Crippen molar-refractivity contribution in [3.05, 3.63) is 60.4 Å². The number of carbonyl (C=O) groups excluding carboxylic acids is 2. The summed E-state index contributed by atoms with van der Waals surface area (Å²) in [6.45, 7) is 2.98. The Labute approximate surface area is 186 Å². The molecule has 0 spiro atoms. The molecule has 1 aromatic heterocycles. The number of amides is 1. The molecule has 3 aromatic rings. The van der Waals surface area contributed by atoms with Crippen molar-refractivity contribution in [3.8, 4) is 22.8 Å². The Kier molecular flexibility index (Phi) is 6.49. The van der Waals surface area contributed by atoms with Gasteiger partial charge in [-0.05, 0) is 44.0 Å². The predicted octanol–water partition coefficient (Wildman–Crippen LogP) is 3.36. The summed E-state index contributed by atoms with van der Waals surface area (Å²) in [5.41, 5.74) is 1.57. The Morgan fingerprint density at radius 1 is 1.12 bits per heavy atom. The second-order valence-corrected chi connectivity index (χ2v) is 7.58. The highest BCUT2D eigenvalue weighted by molar-refractivity contribution is 5.91. The number of para-hydroxylation sites is 1. The van der Waals surface area contributed by atoms with E-state index < -0.39 is 0 Å². The molecule has 1 unspecified atom stereocenters. The van der Waals surface area contributed by atoms with Gasteiger partial charge in [-0.3, -0.25) is 9.59 Å². The summed E-state index contributed by atoms with van der Waals surface area (Å²) < 4.78 is 12.2. The minimum atomic E-state index is -0.318. The van der Waals surface area contributed by atoms with Gasteiger partial charge in [0.25, 0.3) is 5.91 Å². The fourth-order valence-electron chi connectivity index (χ4n) is 3.86. The summed E-state index contributed by atoms with van der Waals surface area (Å²) in [5, 5.41) is 4.55. The SMILES string of the molecule is CCOC(=O)C1CCCN(C(=O)c2nc(-c3cccc(OC)c3)n(-c3ccccc3)n2)C1. The third-order valence-electron chi connectivity index (χ3n) is 5.46. The van der Waals surface area contributed by atoms with Gasteiger partial charge in [0.2, 0.25) is 5.82 Å². The molecule has 0 aliphatic carbocycles. The molecule has 166 valence electrons. The highest BCUT2D eigenvalue weighted by atomic mass is 16.5. The van der Waals surface area contributed by atoms with Crippen LogP contribution in [0.5, 0.6) is 5.75 Å². The lowest BCUT2D eigenvalue weighted by Gasteiger charge is -2.30. The van der Waals surface area contributed by atoms with Crippen LogP contribution in [-0.4, -0.2) is 58.3 Å². The first-order valence-electron chi connectivity index (χ1n) is 10.7. The number of rotatable bonds is 6. The molecule has 4 rings (SSSR count). The highest BCUT2D eigenvalue weighted by Crippen LogP contribution is 2.26. The lowest BCUT2D eigenvalue weighted by Crippen LogP contribution is -2.43. The zero-order valence-corrected chi connectivity index (χ0v) is 18.2. The van der Waals surface area contributed by atoms with E-state index in [-0.39, 0.29) is 23.6 Å². The number of esters is 1. The Bertz CT molecular complexity index is 1100. The Hall–Kier alpha value is -3.68. The van der Waals surface area contributed by atoms with Crippen molar-refractivity contribution in [3.63, 3.8) is 0 Å². The van der Waals surface area contributed by atoms with Crippen LogP contribution < -0.4 is 4.74 Å². The molecule has 8 heteroatoms. The van der Waals surface area contributed by atoms with Gasteiger partial charge in [-0.25, -0.2) is 9.67 Å². The second kappa shape index (κ2) is 9.64. The van der Waals surface area contributed by atoms with Crippen LogP contribution >= 0.6 is 0 Å². The summed E-state index contributed by atoms with van der Waals surface area (Å²) >= 11 is 0. The number of likely N-dealkylation sites (tertiary alicyclic amines) is 1. The first-order chi connectivity index (χ1) is 15.6. The zero-order chi connectivity index (χ0) is 22.5. The molecule has 32 heavy (non-hydrogen) atoms. The first kappa shape index (κ1) is 21.5. The summed E-state index contributed by atoms with van der Waals surface area (Å²) in [5.74, 6) is 0.448. The monoisotopic (exact) mass is 434 g/mol. The number of piperidine rings is 1. The van der Waals surface area contributed by atoms with Gasteiger partial charge in [0.05, 0.1) is 25.3 Å². The van der Waals surface area contributed by atoms with Crippen LogP contribution in [0.1, 0.15) is 30.4 Å². The van der Waals surface area contributed by atoms with E-state index in [0.717, 1.165) is 17.7 Å². The van der Waals surface area contributed by atoms with Gasteiger partial charge in [-0.1, -0.05) is 30.3 Å². The van der Waals surface area contributed by atoms with Crippen molar-refractivity contribution in [1.82, 2.24) is 19.7 Å². The van der Waals surface area contributed by atoms with E-state index in [1.807, 2.05) is 54.6 Å². The number of hydrogen-bond acceptors (Lipinski definition) is 6. The first-order valence-corrected chi connectivity index (χ1v) is 10.7. The Morgan fingerprint density at radius 2 is 1.94 bits per heavy atom. The maximum Gasteiger partial charge on any atom is 0.310 e. The lowest BCUT2D eigenvalue weighted by molar-refractivity contribution is -0.149. The van der Waals surface area contributed by atoms with Crippen LogP contribution in [-0.2, 0) is 9.53 Å². The second-order valence-electron chi connectivity index (χ2n) is 7.58. The highest BCUT2D eigenvalue weighted by Gasteiger charge is 2.32. The van der Waals surface area contributed by atoms with Gasteiger partial charge < -0.3 is 14.4 Å². The van der Waals surface area contributed by atoms with Crippen molar-refractivity contribution in [2.24, 2.45) is 5.92 Å². The molecular weight excluding hydrogens is 408 g/mol. The van der Waals surface area contributed by atoms with E-state index in [1.165, 1.54) is 0 Å². The van der Waals surface area contributed by atoms with Crippen LogP contribution in [0.15, 0.2) is 54.6 Å². The van der Waals surface area contributed by atoms with Gasteiger partial charge >= 0.3 is 5.97 Å². The maximum absolute atomic E-state index is 13.3. The molecule has 0 radical (unpaired) electrons. The molecule has 1 fully saturated rings. The quantitative estimate of drug-likeness (QED) is 0.553. The minimum Gasteiger partial charge on any atom is -0.497 e. The predicted molar refractivity (Wildman–Crippen MR) is 119 cm³/mol. The fourth-order valence-corrected chi connectivity index (χ4v) is 3.86. The van der Waals surface area contributed by atoms with Gasteiger partial charge in [0.1, 0.15) is 5.75 Å². The van der Waals surface area contributed by atoms with Crippen LogP contribution in [0, 0.1) is 5.92 Å². The summed E-state index contributed by atoms with van der Waals surface area (Å²) in [7, 11) is 1.60. The Morgan fingerprint density at radius 3 is 2.69 bits per heavy atom.